The van der Waals surface area contributed by atoms with Crippen molar-refractivity contribution in [3.63, 3.8) is 0 Å². The Kier molecular flexibility index (Phi) is 5.11. The molecule has 2 aromatic carbocycles. The molecule has 3 aromatic rings. The Hall–Kier alpha value is -2.60. The summed E-state index contributed by atoms with van der Waals surface area (Å²) in [5.74, 6) is -0.329. The Morgan fingerprint density at radius 3 is 2.33 bits per heavy atom. The average molecular weight is 385 g/mol. The number of carbonyl (C=O) groups is 1. The van der Waals surface area contributed by atoms with E-state index in [2.05, 4.69) is 4.57 Å². The molecule has 0 spiro atoms. The molecule has 0 saturated carbocycles. The first kappa shape index (κ1) is 19.2. The van der Waals surface area contributed by atoms with Gasteiger partial charge in [-0.2, -0.15) is 0 Å². The van der Waals surface area contributed by atoms with E-state index in [4.69, 9.17) is 4.74 Å². The number of benzene rings is 2. The molecule has 0 amide bonds. The Morgan fingerprint density at radius 1 is 1.11 bits per heavy atom. The van der Waals surface area contributed by atoms with Crippen molar-refractivity contribution in [2.45, 2.75) is 31.7 Å². The topological polar surface area (TPSA) is 65.4 Å². The Morgan fingerprint density at radius 2 is 1.74 bits per heavy atom. The molecule has 1 atom stereocenters. The number of fused-ring (bicyclic) bond motifs is 1. The summed E-state index contributed by atoms with van der Waals surface area (Å²) >= 11 is 0. The Bertz CT molecular complexity index is 1100. The fraction of sp³-hybridized carbons (Fsp3) is 0.286. The van der Waals surface area contributed by atoms with E-state index in [1.807, 2.05) is 50.2 Å². The first-order chi connectivity index (χ1) is 12.8. The molecular formula is C21H23NO4S. The summed E-state index contributed by atoms with van der Waals surface area (Å²) in [6, 6.07) is 14.5. The summed E-state index contributed by atoms with van der Waals surface area (Å²) in [6.07, 6.45) is 1.20. The van der Waals surface area contributed by atoms with Crippen LogP contribution in [0.2, 0.25) is 0 Å². The Balaban J connectivity index is 2.14. The van der Waals surface area contributed by atoms with Gasteiger partial charge < -0.3 is 9.30 Å². The SMILES string of the molecule is CCOC(=O)c1c(C)n(C(C)c2ccc(S(C)(=O)=O)cc2)c2ccccc12. The molecular weight excluding hydrogens is 362 g/mol. The summed E-state index contributed by atoms with van der Waals surface area (Å²) in [6.45, 7) is 6.05. The molecule has 3 rings (SSSR count). The predicted octanol–water partition coefficient (Wildman–Crippen LogP) is 4.14. The van der Waals surface area contributed by atoms with Crippen molar-refractivity contribution in [1.82, 2.24) is 4.57 Å². The van der Waals surface area contributed by atoms with E-state index in [1.165, 1.54) is 6.26 Å². The van der Waals surface area contributed by atoms with Crippen molar-refractivity contribution in [3.8, 4) is 0 Å². The quantitative estimate of drug-likeness (QED) is 0.619. The molecule has 0 fully saturated rings. The number of sulfone groups is 1. The van der Waals surface area contributed by atoms with Crippen LogP contribution in [0.15, 0.2) is 53.4 Å². The van der Waals surface area contributed by atoms with Gasteiger partial charge in [-0.1, -0.05) is 30.3 Å². The maximum absolute atomic E-state index is 12.5. The molecule has 1 heterocycles. The molecule has 0 radical (unpaired) electrons. The molecule has 1 aromatic heterocycles. The van der Waals surface area contributed by atoms with Gasteiger partial charge in [0.25, 0.3) is 0 Å². The predicted molar refractivity (Wildman–Crippen MR) is 106 cm³/mol. The van der Waals surface area contributed by atoms with Gasteiger partial charge in [0.05, 0.1) is 23.1 Å². The molecule has 0 N–H and O–H groups in total. The van der Waals surface area contributed by atoms with Crippen LogP contribution in [-0.2, 0) is 14.6 Å². The maximum Gasteiger partial charge on any atom is 0.340 e. The maximum atomic E-state index is 12.5. The minimum atomic E-state index is -3.23. The largest absolute Gasteiger partial charge is 0.462 e. The van der Waals surface area contributed by atoms with Crippen molar-refractivity contribution >= 4 is 26.7 Å². The van der Waals surface area contributed by atoms with Crippen LogP contribution in [0.4, 0.5) is 0 Å². The summed E-state index contributed by atoms with van der Waals surface area (Å²) in [5, 5.41) is 0.855. The van der Waals surface area contributed by atoms with Crippen molar-refractivity contribution < 1.29 is 17.9 Å². The van der Waals surface area contributed by atoms with Gasteiger partial charge in [-0.3, -0.25) is 0 Å². The van der Waals surface area contributed by atoms with Gasteiger partial charge in [0, 0.05) is 22.9 Å². The van der Waals surface area contributed by atoms with Gasteiger partial charge >= 0.3 is 5.97 Å². The molecule has 0 bridgehead atoms. The second-order valence-electron chi connectivity index (χ2n) is 6.59. The molecule has 0 aliphatic rings. The number of esters is 1. The first-order valence-corrected chi connectivity index (χ1v) is 10.7. The molecule has 27 heavy (non-hydrogen) atoms. The van der Waals surface area contributed by atoms with E-state index >= 15 is 0 Å². The summed E-state index contributed by atoms with van der Waals surface area (Å²) < 4.78 is 30.7. The van der Waals surface area contributed by atoms with E-state index in [-0.39, 0.29) is 12.0 Å². The number of aromatic nitrogens is 1. The van der Waals surface area contributed by atoms with Crippen molar-refractivity contribution in [1.29, 1.82) is 0 Å². The van der Waals surface area contributed by atoms with E-state index in [0.717, 1.165) is 22.2 Å². The minimum Gasteiger partial charge on any atom is -0.462 e. The highest BCUT2D eigenvalue weighted by atomic mass is 32.2. The van der Waals surface area contributed by atoms with E-state index < -0.39 is 9.84 Å². The second-order valence-corrected chi connectivity index (χ2v) is 8.60. The second kappa shape index (κ2) is 7.19. The van der Waals surface area contributed by atoms with E-state index in [0.29, 0.717) is 17.1 Å². The van der Waals surface area contributed by atoms with Crippen LogP contribution < -0.4 is 0 Å². The fourth-order valence-electron chi connectivity index (χ4n) is 3.49. The van der Waals surface area contributed by atoms with Crippen LogP contribution in [0.25, 0.3) is 10.9 Å². The average Bonchev–Trinajstić information content (AvgIpc) is 2.92. The summed E-state index contributed by atoms with van der Waals surface area (Å²) in [4.78, 5) is 12.8. The number of hydrogen-bond donors (Lipinski definition) is 0. The third-order valence-electron chi connectivity index (χ3n) is 4.81. The molecule has 0 aliphatic carbocycles. The Labute approximate surface area is 159 Å². The van der Waals surface area contributed by atoms with Crippen molar-refractivity contribution in [2.24, 2.45) is 0 Å². The highest BCUT2D eigenvalue weighted by molar-refractivity contribution is 7.90. The molecule has 6 heteroatoms. The van der Waals surface area contributed by atoms with Gasteiger partial charge in [-0.15, -0.1) is 0 Å². The number of para-hydroxylation sites is 1. The zero-order valence-corrected chi connectivity index (χ0v) is 16.7. The smallest absolute Gasteiger partial charge is 0.340 e. The minimum absolute atomic E-state index is 0.0771. The molecule has 5 nitrogen and oxygen atoms in total. The zero-order valence-electron chi connectivity index (χ0n) is 15.9. The molecule has 1 unspecified atom stereocenters. The standard InChI is InChI=1S/C21H23NO4S/c1-5-26-21(23)20-15(3)22(19-9-7-6-8-18(19)20)14(2)16-10-12-17(13-11-16)27(4,24)25/h6-14H,5H2,1-4H3. The third-order valence-corrected chi connectivity index (χ3v) is 5.94. The molecule has 0 saturated heterocycles. The third kappa shape index (κ3) is 3.49. The number of rotatable bonds is 5. The van der Waals surface area contributed by atoms with Crippen LogP contribution in [0.5, 0.6) is 0 Å². The van der Waals surface area contributed by atoms with Crippen LogP contribution in [-0.4, -0.2) is 31.8 Å². The van der Waals surface area contributed by atoms with Crippen molar-refractivity contribution in [2.75, 3.05) is 12.9 Å². The monoisotopic (exact) mass is 385 g/mol. The van der Waals surface area contributed by atoms with Crippen LogP contribution >= 0.6 is 0 Å². The van der Waals surface area contributed by atoms with Crippen LogP contribution in [0, 0.1) is 6.92 Å². The van der Waals surface area contributed by atoms with Crippen LogP contribution in [0.3, 0.4) is 0 Å². The van der Waals surface area contributed by atoms with Gasteiger partial charge in [0.15, 0.2) is 9.84 Å². The first-order valence-electron chi connectivity index (χ1n) is 8.82. The normalized spacial score (nSPS) is 12.9. The highest BCUT2D eigenvalue weighted by Gasteiger charge is 2.23. The zero-order chi connectivity index (χ0) is 19.8. The lowest BCUT2D eigenvalue weighted by atomic mass is 10.1. The lowest BCUT2D eigenvalue weighted by Gasteiger charge is -2.18. The summed E-state index contributed by atoms with van der Waals surface area (Å²) in [5.41, 5.74) is 3.31. The fourth-order valence-corrected chi connectivity index (χ4v) is 4.12. The van der Waals surface area contributed by atoms with Gasteiger partial charge in [0.1, 0.15) is 0 Å². The van der Waals surface area contributed by atoms with Crippen LogP contribution in [0.1, 0.15) is 41.5 Å². The van der Waals surface area contributed by atoms with E-state index in [1.54, 1.807) is 19.1 Å². The van der Waals surface area contributed by atoms with Gasteiger partial charge in [-0.05, 0) is 44.5 Å². The number of hydrogen-bond acceptors (Lipinski definition) is 4. The molecule has 142 valence electrons. The lowest BCUT2D eigenvalue weighted by Crippen LogP contribution is -2.11. The lowest BCUT2D eigenvalue weighted by molar-refractivity contribution is 0.0527. The number of ether oxygens (including phenoxy) is 1. The number of nitrogens with zero attached hydrogens (tertiary/aromatic N) is 1. The highest BCUT2D eigenvalue weighted by Crippen LogP contribution is 2.32. The summed E-state index contributed by atoms with van der Waals surface area (Å²) in [7, 11) is -3.23. The van der Waals surface area contributed by atoms with E-state index in [9.17, 15) is 13.2 Å². The van der Waals surface area contributed by atoms with Gasteiger partial charge in [0.2, 0.25) is 0 Å². The van der Waals surface area contributed by atoms with Gasteiger partial charge in [-0.25, -0.2) is 13.2 Å². The molecule has 0 aliphatic heterocycles. The number of carbonyl (C=O) groups excluding carboxylic acids is 1. The van der Waals surface area contributed by atoms with Crippen molar-refractivity contribution in [3.05, 3.63) is 65.4 Å².